The van der Waals surface area contributed by atoms with Crippen molar-refractivity contribution in [2.45, 2.75) is 6.54 Å². The second kappa shape index (κ2) is 6.75. The van der Waals surface area contributed by atoms with E-state index in [1.807, 2.05) is 0 Å². The molecule has 2 amide bonds. The van der Waals surface area contributed by atoms with E-state index in [9.17, 15) is 9.59 Å². The van der Waals surface area contributed by atoms with Gasteiger partial charge in [-0.3, -0.25) is 10.1 Å². The van der Waals surface area contributed by atoms with Crippen LogP contribution >= 0.6 is 11.6 Å². The average molecular weight is 257 g/mol. The number of hydrogen-bond acceptors (Lipinski definition) is 3. The van der Waals surface area contributed by atoms with Crippen LogP contribution in [-0.4, -0.2) is 25.0 Å². The van der Waals surface area contributed by atoms with Gasteiger partial charge in [0.15, 0.2) is 0 Å². The molecule has 0 fully saturated rings. The first kappa shape index (κ1) is 13.3. The van der Waals surface area contributed by atoms with Crippen molar-refractivity contribution in [1.82, 2.24) is 5.32 Å². The molecule has 0 atom stereocenters. The fourth-order valence-electron chi connectivity index (χ4n) is 1.12. The largest absolute Gasteiger partial charge is 0.453 e. The van der Waals surface area contributed by atoms with Crippen molar-refractivity contribution in [3.05, 3.63) is 29.8 Å². The van der Waals surface area contributed by atoms with Crippen LogP contribution < -0.4 is 10.6 Å². The Morgan fingerprint density at radius 1 is 1.29 bits per heavy atom. The SMILES string of the molecule is COC(=O)Nc1ccc(CNC(=O)CCl)cc1. The highest BCUT2D eigenvalue weighted by Crippen LogP contribution is 2.09. The summed E-state index contributed by atoms with van der Waals surface area (Å²) in [5.41, 5.74) is 1.54. The number of alkyl halides is 1. The molecule has 0 aromatic heterocycles. The summed E-state index contributed by atoms with van der Waals surface area (Å²) in [6.45, 7) is 0.407. The minimum Gasteiger partial charge on any atom is -0.453 e. The van der Waals surface area contributed by atoms with E-state index in [2.05, 4.69) is 15.4 Å². The molecule has 0 aliphatic heterocycles. The highest BCUT2D eigenvalue weighted by molar-refractivity contribution is 6.27. The Hall–Kier alpha value is -1.75. The zero-order valence-corrected chi connectivity index (χ0v) is 10.1. The molecule has 1 rings (SSSR count). The minimum absolute atomic E-state index is 0.0536. The topological polar surface area (TPSA) is 67.4 Å². The zero-order chi connectivity index (χ0) is 12.7. The van der Waals surface area contributed by atoms with E-state index in [1.54, 1.807) is 24.3 Å². The van der Waals surface area contributed by atoms with E-state index in [0.29, 0.717) is 12.2 Å². The quantitative estimate of drug-likeness (QED) is 0.806. The van der Waals surface area contributed by atoms with Crippen LogP contribution in [0.1, 0.15) is 5.56 Å². The first-order valence-corrected chi connectivity index (χ1v) is 5.45. The smallest absolute Gasteiger partial charge is 0.411 e. The highest BCUT2D eigenvalue weighted by Gasteiger charge is 2.01. The Balaban J connectivity index is 2.50. The summed E-state index contributed by atoms with van der Waals surface area (Å²) >= 11 is 5.34. The van der Waals surface area contributed by atoms with Crippen molar-refractivity contribution in [2.75, 3.05) is 18.3 Å². The molecule has 6 heteroatoms. The monoisotopic (exact) mass is 256 g/mol. The molecule has 0 saturated heterocycles. The Kier molecular flexibility index (Phi) is 5.29. The molecular formula is C11H13ClN2O3. The number of carbonyl (C=O) groups excluding carboxylic acids is 2. The third kappa shape index (κ3) is 4.74. The molecule has 92 valence electrons. The number of nitrogens with one attached hydrogen (secondary N) is 2. The van der Waals surface area contributed by atoms with Crippen molar-refractivity contribution in [3.63, 3.8) is 0 Å². The maximum absolute atomic E-state index is 10.9. The fraction of sp³-hybridized carbons (Fsp3) is 0.273. The second-order valence-electron chi connectivity index (χ2n) is 3.22. The summed E-state index contributed by atoms with van der Waals surface area (Å²) in [6.07, 6.45) is -0.520. The van der Waals surface area contributed by atoms with Gasteiger partial charge in [0.1, 0.15) is 5.88 Å². The van der Waals surface area contributed by atoms with Gasteiger partial charge >= 0.3 is 6.09 Å². The lowest BCUT2D eigenvalue weighted by Crippen LogP contribution is -2.23. The maximum atomic E-state index is 10.9. The first-order chi connectivity index (χ1) is 8.15. The Labute approximate surface area is 104 Å². The third-order valence-corrected chi connectivity index (χ3v) is 2.24. The number of carbonyl (C=O) groups is 2. The molecule has 0 aliphatic carbocycles. The normalized spacial score (nSPS) is 9.53. The van der Waals surface area contributed by atoms with Crippen LogP contribution in [0, 0.1) is 0 Å². The number of halogens is 1. The molecule has 5 nitrogen and oxygen atoms in total. The number of amides is 2. The molecule has 17 heavy (non-hydrogen) atoms. The van der Waals surface area contributed by atoms with E-state index in [1.165, 1.54) is 7.11 Å². The fourth-order valence-corrected chi connectivity index (χ4v) is 1.22. The maximum Gasteiger partial charge on any atom is 0.411 e. The predicted octanol–water partition coefficient (Wildman–Crippen LogP) is 1.72. The lowest BCUT2D eigenvalue weighted by atomic mass is 10.2. The van der Waals surface area contributed by atoms with Gasteiger partial charge in [0.25, 0.3) is 0 Å². The van der Waals surface area contributed by atoms with Crippen LogP contribution in [0.15, 0.2) is 24.3 Å². The van der Waals surface area contributed by atoms with Crippen LogP contribution in [0.2, 0.25) is 0 Å². The third-order valence-electron chi connectivity index (χ3n) is 2.00. The van der Waals surface area contributed by atoms with Crippen LogP contribution in [0.25, 0.3) is 0 Å². The standard InChI is InChI=1S/C11H13ClN2O3/c1-17-11(16)14-9-4-2-8(3-5-9)7-13-10(15)6-12/h2-5H,6-7H2,1H3,(H,13,15)(H,14,16). The molecule has 0 aliphatic rings. The molecule has 0 unspecified atom stereocenters. The molecule has 0 saturated carbocycles. The van der Waals surface area contributed by atoms with Crippen molar-refractivity contribution in [1.29, 1.82) is 0 Å². The Morgan fingerprint density at radius 3 is 2.47 bits per heavy atom. The first-order valence-electron chi connectivity index (χ1n) is 4.92. The Bertz CT molecular complexity index is 392. The Morgan fingerprint density at radius 2 is 1.94 bits per heavy atom. The van der Waals surface area contributed by atoms with Gasteiger partial charge in [0.2, 0.25) is 5.91 Å². The summed E-state index contributed by atoms with van der Waals surface area (Å²) in [5, 5.41) is 5.16. The van der Waals surface area contributed by atoms with Gasteiger partial charge in [0, 0.05) is 12.2 Å². The number of hydrogen-bond donors (Lipinski definition) is 2. The number of anilines is 1. The summed E-state index contributed by atoms with van der Waals surface area (Å²) < 4.78 is 4.46. The van der Waals surface area contributed by atoms with Gasteiger partial charge < -0.3 is 10.1 Å². The van der Waals surface area contributed by atoms with E-state index >= 15 is 0 Å². The number of ether oxygens (including phenoxy) is 1. The molecular weight excluding hydrogens is 244 g/mol. The predicted molar refractivity (Wildman–Crippen MR) is 65.0 cm³/mol. The van der Waals surface area contributed by atoms with Gasteiger partial charge in [-0.25, -0.2) is 4.79 Å². The second-order valence-corrected chi connectivity index (χ2v) is 3.49. The molecule has 1 aromatic rings. The van der Waals surface area contributed by atoms with Gasteiger partial charge in [-0.05, 0) is 17.7 Å². The molecule has 0 radical (unpaired) electrons. The summed E-state index contributed by atoms with van der Waals surface area (Å²) in [7, 11) is 1.30. The van der Waals surface area contributed by atoms with Crippen molar-refractivity contribution >= 4 is 29.3 Å². The van der Waals surface area contributed by atoms with Gasteiger partial charge in [-0.15, -0.1) is 11.6 Å². The average Bonchev–Trinajstić information content (AvgIpc) is 2.37. The van der Waals surface area contributed by atoms with Crippen LogP contribution in [0.4, 0.5) is 10.5 Å². The van der Waals surface area contributed by atoms with E-state index < -0.39 is 6.09 Å². The van der Waals surface area contributed by atoms with Gasteiger partial charge in [-0.2, -0.15) is 0 Å². The molecule has 0 bridgehead atoms. The van der Waals surface area contributed by atoms with E-state index in [0.717, 1.165) is 5.56 Å². The lowest BCUT2D eigenvalue weighted by Gasteiger charge is -2.06. The van der Waals surface area contributed by atoms with Crippen LogP contribution in [0.5, 0.6) is 0 Å². The highest BCUT2D eigenvalue weighted by atomic mass is 35.5. The summed E-state index contributed by atoms with van der Waals surface area (Å²) in [4.78, 5) is 21.8. The molecule has 1 aromatic carbocycles. The van der Waals surface area contributed by atoms with E-state index in [4.69, 9.17) is 11.6 Å². The number of benzene rings is 1. The van der Waals surface area contributed by atoms with Crippen molar-refractivity contribution < 1.29 is 14.3 Å². The minimum atomic E-state index is -0.520. The molecule has 0 spiro atoms. The summed E-state index contributed by atoms with van der Waals surface area (Å²) in [5.74, 6) is -0.273. The van der Waals surface area contributed by atoms with Gasteiger partial charge in [0.05, 0.1) is 7.11 Å². The van der Waals surface area contributed by atoms with Crippen LogP contribution in [-0.2, 0) is 16.1 Å². The number of methoxy groups -OCH3 is 1. The lowest BCUT2D eigenvalue weighted by molar-refractivity contribution is -0.118. The molecule has 0 heterocycles. The summed E-state index contributed by atoms with van der Waals surface area (Å²) in [6, 6.07) is 7.03. The van der Waals surface area contributed by atoms with Crippen molar-refractivity contribution in [2.24, 2.45) is 0 Å². The molecule has 2 N–H and O–H groups in total. The van der Waals surface area contributed by atoms with E-state index in [-0.39, 0.29) is 11.8 Å². The number of rotatable bonds is 4. The zero-order valence-electron chi connectivity index (χ0n) is 9.33. The van der Waals surface area contributed by atoms with Gasteiger partial charge in [-0.1, -0.05) is 12.1 Å². The van der Waals surface area contributed by atoms with Crippen LogP contribution in [0.3, 0.4) is 0 Å². The van der Waals surface area contributed by atoms with Crippen molar-refractivity contribution in [3.8, 4) is 0 Å².